The second-order valence-corrected chi connectivity index (χ2v) is 8.28. The van der Waals surface area contributed by atoms with Crippen molar-refractivity contribution < 1.29 is 17.9 Å². The Labute approximate surface area is 137 Å². The second kappa shape index (κ2) is 6.34. The molecule has 0 radical (unpaired) electrons. The molecule has 0 aromatic heterocycles. The fourth-order valence-corrected chi connectivity index (χ4v) is 4.26. The summed E-state index contributed by atoms with van der Waals surface area (Å²) >= 11 is 0. The molecule has 3 rings (SSSR count). The summed E-state index contributed by atoms with van der Waals surface area (Å²) in [6.07, 6.45) is 0. The van der Waals surface area contributed by atoms with Crippen molar-refractivity contribution in [3.8, 4) is 5.75 Å². The van der Waals surface area contributed by atoms with Crippen molar-refractivity contribution in [2.75, 3.05) is 19.0 Å². The predicted octanol–water partition coefficient (Wildman–Crippen LogP) is 2.93. The number of ether oxygens (including phenoxy) is 2. The number of rotatable bonds is 6. The summed E-state index contributed by atoms with van der Waals surface area (Å²) in [6.45, 7) is 2.62. The molecule has 2 aromatic carbocycles. The van der Waals surface area contributed by atoms with E-state index in [0.717, 1.165) is 16.9 Å². The van der Waals surface area contributed by atoms with Crippen LogP contribution in [0.25, 0.3) is 0 Å². The molecule has 0 N–H and O–H groups in total. The van der Waals surface area contributed by atoms with Gasteiger partial charge in [0.1, 0.15) is 17.1 Å². The third-order valence-electron chi connectivity index (χ3n) is 4.27. The molecule has 1 saturated heterocycles. The van der Waals surface area contributed by atoms with Gasteiger partial charge in [0.25, 0.3) is 0 Å². The van der Waals surface area contributed by atoms with E-state index in [-0.39, 0.29) is 19.0 Å². The van der Waals surface area contributed by atoms with Crippen LogP contribution in [0.1, 0.15) is 18.1 Å². The highest BCUT2D eigenvalue weighted by atomic mass is 32.2. The van der Waals surface area contributed by atoms with E-state index < -0.39 is 14.6 Å². The lowest BCUT2D eigenvalue weighted by atomic mass is 9.96. The monoisotopic (exact) mass is 332 g/mol. The Morgan fingerprint density at radius 2 is 1.70 bits per heavy atom. The lowest BCUT2D eigenvalue weighted by Gasteiger charge is -2.40. The maximum atomic E-state index is 12.4. The number of hydrogen-bond donors (Lipinski definition) is 0. The molecule has 122 valence electrons. The van der Waals surface area contributed by atoms with Gasteiger partial charge in [0.2, 0.25) is 0 Å². The molecule has 23 heavy (non-hydrogen) atoms. The van der Waals surface area contributed by atoms with Crippen LogP contribution in [0, 0.1) is 0 Å². The second-order valence-electron chi connectivity index (χ2n) is 5.69. The van der Waals surface area contributed by atoms with Crippen LogP contribution in [-0.2, 0) is 25.9 Å². The number of sulfone groups is 1. The topological polar surface area (TPSA) is 52.6 Å². The predicted molar refractivity (Wildman–Crippen MR) is 89.2 cm³/mol. The van der Waals surface area contributed by atoms with Crippen LogP contribution >= 0.6 is 0 Å². The maximum absolute atomic E-state index is 12.4. The van der Waals surface area contributed by atoms with Crippen molar-refractivity contribution in [3.63, 3.8) is 0 Å². The van der Waals surface area contributed by atoms with E-state index in [2.05, 4.69) is 0 Å². The first-order valence-electron chi connectivity index (χ1n) is 7.65. The molecule has 1 heterocycles. The largest absolute Gasteiger partial charge is 0.489 e. The fraction of sp³-hybridized carbons (Fsp3) is 0.333. The molecule has 2 aromatic rings. The van der Waals surface area contributed by atoms with Crippen LogP contribution in [-0.4, -0.2) is 27.4 Å². The van der Waals surface area contributed by atoms with Crippen LogP contribution in [0.2, 0.25) is 0 Å². The smallest absolute Gasteiger partial charge is 0.164 e. The third-order valence-corrected chi connectivity index (χ3v) is 6.70. The molecule has 0 unspecified atom stereocenters. The Morgan fingerprint density at radius 1 is 1.04 bits per heavy atom. The van der Waals surface area contributed by atoms with E-state index in [1.165, 1.54) is 0 Å². The number of benzene rings is 2. The van der Waals surface area contributed by atoms with Crippen molar-refractivity contribution in [3.05, 3.63) is 65.7 Å². The van der Waals surface area contributed by atoms with Gasteiger partial charge in [0.15, 0.2) is 9.84 Å². The van der Waals surface area contributed by atoms with E-state index >= 15 is 0 Å². The van der Waals surface area contributed by atoms with E-state index in [1.807, 2.05) is 54.6 Å². The summed E-state index contributed by atoms with van der Waals surface area (Å²) < 4.78 is 34.8. The molecule has 1 aliphatic rings. The van der Waals surface area contributed by atoms with Gasteiger partial charge < -0.3 is 9.47 Å². The first kappa shape index (κ1) is 16.0. The van der Waals surface area contributed by atoms with Crippen molar-refractivity contribution in [2.45, 2.75) is 18.3 Å². The zero-order valence-corrected chi connectivity index (χ0v) is 13.9. The first-order chi connectivity index (χ1) is 11.1. The summed E-state index contributed by atoms with van der Waals surface area (Å²) in [5.74, 6) is 0.838. The SMILES string of the molecule is CCS(=O)(=O)C1(c2ccc(OCc3ccccc3)cc2)COC1. The van der Waals surface area contributed by atoms with Crippen molar-refractivity contribution in [2.24, 2.45) is 0 Å². The zero-order chi connectivity index (χ0) is 16.3. The molecule has 1 aliphatic heterocycles. The van der Waals surface area contributed by atoms with Crippen LogP contribution in [0.5, 0.6) is 5.75 Å². The summed E-state index contributed by atoms with van der Waals surface area (Å²) in [5, 5.41) is 0. The quantitative estimate of drug-likeness (QED) is 0.816. The summed E-state index contributed by atoms with van der Waals surface area (Å²) in [5.41, 5.74) is 1.87. The minimum atomic E-state index is -3.21. The third kappa shape index (κ3) is 2.99. The minimum Gasteiger partial charge on any atom is -0.489 e. The summed E-state index contributed by atoms with van der Waals surface area (Å²) in [4.78, 5) is 0. The zero-order valence-electron chi connectivity index (χ0n) is 13.1. The first-order valence-corrected chi connectivity index (χ1v) is 9.30. The van der Waals surface area contributed by atoms with Crippen LogP contribution in [0.15, 0.2) is 54.6 Å². The summed E-state index contributed by atoms with van der Waals surface area (Å²) in [7, 11) is -3.21. The van der Waals surface area contributed by atoms with Gasteiger partial charge in [-0.3, -0.25) is 0 Å². The molecule has 4 nitrogen and oxygen atoms in total. The van der Waals surface area contributed by atoms with Gasteiger partial charge in [-0.15, -0.1) is 0 Å². The number of hydrogen-bond acceptors (Lipinski definition) is 4. The van der Waals surface area contributed by atoms with E-state index in [4.69, 9.17) is 9.47 Å². The highest BCUT2D eigenvalue weighted by Crippen LogP contribution is 2.39. The normalized spacial score (nSPS) is 16.6. The Hall–Kier alpha value is -1.85. The molecule has 0 bridgehead atoms. The Bertz CT molecular complexity index is 747. The van der Waals surface area contributed by atoms with Crippen LogP contribution in [0.4, 0.5) is 0 Å². The van der Waals surface area contributed by atoms with E-state index in [9.17, 15) is 8.42 Å². The molecule has 0 saturated carbocycles. The standard InChI is InChI=1S/C18H20O4S/c1-2-23(19,20)18(13-21-14-18)16-8-10-17(11-9-16)22-12-15-6-4-3-5-7-15/h3-11H,2,12-14H2,1H3. The Morgan fingerprint density at radius 3 is 2.22 bits per heavy atom. The van der Waals surface area contributed by atoms with Crippen molar-refractivity contribution in [1.82, 2.24) is 0 Å². The Balaban J connectivity index is 1.74. The van der Waals surface area contributed by atoms with Gasteiger partial charge in [0, 0.05) is 5.75 Å². The molecule has 5 heteroatoms. The van der Waals surface area contributed by atoms with Crippen LogP contribution in [0.3, 0.4) is 0 Å². The van der Waals surface area contributed by atoms with Gasteiger partial charge in [-0.25, -0.2) is 8.42 Å². The average Bonchev–Trinajstić information content (AvgIpc) is 2.54. The molecule has 1 fully saturated rings. The molecule has 0 spiro atoms. The molecule has 0 atom stereocenters. The lowest BCUT2D eigenvalue weighted by molar-refractivity contribution is -0.0158. The van der Waals surface area contributed by atoms with Crippen molar-refractivity contribution in [1.29, 1.82) is 0 Å². The van der Waals surface area contributed by atoms with Crippen LogP contribution < -0.4 is 4.74 Å². The molecular formula is C18H20O4S. The Kier molecular flexibility index (Phi) is 4.41. The molecular weight excluding hydrogens is 312 g/mol. The minimum absolute atomic E-state index is 0.114. The van der Waals surface area contributed by atoms with E-state index in [1.54, 1.807) is 6.92 Å². The average molecular weight is 332 g/mol. The lowest BCUT2D eigenvalue weighted by Crippen LogP contribution is -2.53. The molecule has 0 amide bonds. The van der Waals surface area contributed by atoms with Gasteiger partial charge >= 0.3 is 0 Å². The van der Waals surface area contributed by atoms with E-state index in [0.29, 0.717) is 6.61 Å². The fourth-order valence-electron chi connectivity index (χ4n) is 2.69. The van der Waals surface area contributed by atoms with Gasteiger partial charge in [0.05, 0.1) is 13.2 Å². The molecule has 0 aliphatic carbocycles. The maximum Gasteiger partial charge on any atom is 0.164 e. The highest BCUT2D eigenvalue weighted by molar-refractivity contribution is 7.92. The van der Waals surface area contributed by atoms with Crippen molar-refractivity contribution >= 4 is 9.84 Å². The highest BCUT2D eigenvalue weighted by Gasteiger charge is 2.50. The van der Waals surface area contributed by atoms with Gasteiger partial charge in [-0.1, -0.05) is 49.4 Å². The summed E-state index contributed by atoms with van der Waals surface area (Å²) in [6, 6.07) is 17.2. The van der Waals surface area contributed by atoms with Gasteiger partial charge in [-0.05, 0) is 23.3 Å². The van der Waals surface area contributed by atoms with Gasteiger partial charge in [-0.2, -0.15) is 0 Å².